The van der Waals surface area contributed by atoms with Crippen LogP contribution < -0.4 is 10.6 Å². The highest BCUT2D eigenvalue weighted by Gasteiger charge is 2.18. The molecule has 0 saturated heterocycles. The molecule has 2 amide bonds. The van der Waals surface area contributed by atoms with Crippen molar-refractivity contribution in [2.45, 2.75) is 18.9 Å². The summed E-state index contributed by atoms with van der Waals surface area (Å²) in [5.41, 5.74) is 1.04. The summed E-state index contributed by atoms with van der Waals surface area (Å²) in [6, 6.07) is 2.08. The van der Waals surface area contributed by atoms with E-state index in [0.29, 0.717) is 13.0 Å². The molecule has 6 heteroatoms. The van der Waals surface area contributed by atoms with E-state index in [9.17, 15) is 9.59 Å². The molecular weight excluding hydrogens is 246 g/mol. The van der Waals surface area contributed by atoms with Crippen LogP contribution in [0.3, 0.4) is 0 Å². The maximum Gasteiger partial charge on any atom is 0.327 e. The number of terminal acetylenes is 1. The van der Waals surface area contributed by atoms with Gasteiger partial charge in [-0.05, 0) is 24.1 Å². The van der Waals surface area contributed by atoms with Gasteiger partial charge in [0.05, 0.1) is 0 Å². The van der Waals surface area contributed by atoms with Crippen molar-refractivity contribution >= 4 is 12.0 Å². The number of urea groups is 1. The Morgan fingerprint density at radius 3 is 2.68 bits per heavy atom. The normalized spacial score (nSPS) is 11.1. The van der Waals surface area contributed by atoms with E-state index in [-0.39, 0.29) is 6.42 Å². The smallest absolute Gasteiger partial charge is 0.327 e. The molecule has 0 saturated carbocycles. The molecule has 0 bridgehead atoms. The van der Waals surface area contributed by atoms with Crippen LogP contribution in [-0.4, -0.2) is 34.7 Å². The maximum atomic E-state index is 11.5. The molecule has 0 aromatic carbocycles. The average Bonchev–Trinajstić information content (AvgIpc) is 2.39. The van der Waals surface area contributed by atoms with Crippen LogP contribution in [0, 0.1) is 12.3 Å². The number of aromatic nitrogens is 1. The minimum absolute atomic E-state index is 0.0485. The van der Waals surface area contributed by atoms with Crippen LogP contribution in [0.2, 0.25) is 0 Å². The molecule has 1 rings (SSSR count). The van der Waals surface area contributed by atoms with Gasteiger partial charge in [-0.25, -0.2) is 9.59 Å². The average molecular weight is 261 g/mol. The summed E-state index contributed by atoms with van der Waals surface area (Å²) in [7, 11) is 0. The number of hydrogen-bond acceptors (Lipinski definition) is 3. The number of nitrogens with zero attached hydrogens (tertiary/aromatic N) is 1. The number of pyridine rings is 1. The van der Waals surface area contributed by atoms with Gasteiger partial charge in [-0.3, -0.25) is 4.98 Å². The molecule has 1 aromatic heterocycles. The lowest BCUT2D eigenvalue weighted by Gasteiger charge is -2.12. The van der Waals surface area contributed by atoms with Gasteiger partial charge in [-0.15, -0.1) is 12.3 Å². The monoisotopic (exact) mass is 261 g/mol. The lowest BCUT2D eigenvalue weighted by Crippen LogP contribution is -2.46. The molecular formula is C13H15N3O3. The first kappa shape index (κ1) is 14.5. The van der Waals surface area contributed by atoms with Gasteiger partial charge in [0, 0.05) is 25.4 Å². The third kappa shape index (κ3) is 5.55. The fraction of sp³-hybridized carbons (Fsp3) is 0.308. The van der Waals surface area contributed by atoms with E-state index in [1.54, 1.807) is 12.4 Å². The highest BCUT2D eigenvalue weighted by molar-refractivity contribution is 5.82. The molecule has 0 radical (unpaired) electrons. The first-order valence-corrected chi connectivity index (χ1v) is 5.73. The Kier molecular flexibility index (Phi) is 5.89. The Morgan fingerprint density at radius 1 is 1.42 bits per heavy atom. The van der Waals surface area contributed by atoms with Crippen molar-refractivity contribution in [1.82, 2.24) is 15.6 Å². The molecule has 1 heterocycles. The number of carboxylic acid groups (broad SMARTS) is 1. The van der Waals surface area contributed by atoms with Crippen LogP contribution in [0.15, 0.2) is 24.5 Å². The second-order valence-corrected chi connectivity index (χ2v) is 3.80. The highest BCUT2D eigenvalue weighted by atomic mass is 16.4. The summed E-state index contributed by atoms with van der Waals surface area (Å²) in [5, 5.41) is 13.7. The van der Waals surface area contributed by atoms with E-state index in [2.05, 4.69) is 21.5 Å². The number of rotatable bonds is 6. The van der Waals surface area contributed by atoms with Crippen molar-refractivity contribution in [3.05, 3.63) is 30.1 Å². The molecule has 0 spiro atoms. The molecule has 100 valence electrons. The minimum atomic E-state index is -1.15. The largest absolute Gasteiger partial charge is 0.480 e. The van der Waals surface area contributed by atoms with Crippen molar-refractivity contribution in [3.63, 3.8) is 0 Å². The Morgan fingerprint density at radius 2 is 2.11 bits per heavy atom. The van der Waals surface area contributed by atoms with Crippen LogP contribution in [0.1, 0.15) is 12.0 Å². The van der Waals surface area contributed by atoms with E-state index < -0.39 is 18.0 Å². The standard InChI is InChI=1S/C13H15N3O3/c1-2-3-11(12(17)18)16-13(19)15-9-6-10-4-7-14-8-5-10/h1,4-5,7-8,11H,3,6,9H2,(H,17,18)(H2,15,16,19). The second-order valence-electron chi connectivity index (χ2n) is 3.80. The van der Waals surface area contributed by atoms with Crippen LogP contribution in [0.25, 0.3) is 0 Å². The number of carbonyl (C=O) groups excluding carboxylic acids is 1. The zero-order chi connectivity index (χ0) is 14.1. The zero-order valence-electron chi connectivity index (χ0n) is 10.3. The van der Waals surface area contributed by atoms with Crippen LogP contribution in [-0.2, 0) is 11.2 Å². The Labute approximate surface area is 111 Å². The molecule has 0 fully saturated rings. The van der Waals surface area contributed by atoms with E-state index in [1.807, 2.05) is 12.1 Å². The predicted octanol–water partition coefficient (Wildman–Crippen LogP) is 0.400. The van der Waals surface area contributed by atoms with E-state index in [4.69, 9.17) is 11.5 Å². The van der Waals surface area contributed by atoms with Crippen molar-refractivity contribution in [1.29, 1.82) is 0 Å². The lowest BCUT2D eigenvalue weighted by atomic mass is 10.2. The first-order chi connectivity index (χ1) is 9.13. The van der Waals surface area contributed by atoms with Gasteiger partial charge in [0.15, 0.2) is 0 Å². The quantitative estimate of drug-likeness (QED) is 0.646. The third-order valence-corrected chi connectivity index (χ3v) is 2.37. The molecule has 0 aliphatic heterocycles. The van der Waals surface area contributed by atoms with E-state index in [0.717, 1.165) is 5.56 Å². The summed E-state index contributed by atoms with van der Waals surface area (Å²) in [6.07, 6.45) is 8.96. The van der Waals surface area contributed by atoms with E-state index in [1.165, 1.54) is 0 Å². The maximum absolute atomic E-state index is 11.5. The van der Waals surface area contributed by atoms with E-state index >= 15 is 0 Å². The topological polar surface area (TPSA) is 91.3 Å². The number of aliphatic carboxylic acids is 1. The fourth-order valence-corrected chi connectivity index (χ4v) is 1.40. The first-order valence-electron chi connectivity index (χ1n) is 5.73. The molecule has 1 unspecified atom stereocenters. The van der Waals surface area contributed by atoms with Gasteiger partial charge in [-0.2, -0.15) is 0 Å². The Hall–Kier alpha value is -2.55. The number of hydrogen-bond donors (Lipinski definition) is 3. The molecule has 0 aliphatic carbocycles. The van der Waals surface area contributed by atoms with Gasteiger partial charge < -0.3 is 15.7 Å². The molecule has 3 N–H and O–H groups in total. The van der Waals surface area contributed by atoms with Crippen molar-refractivity contribution < 1.29 is 14.7 Å². The molecule has 1 atom stereocenters. The SMILES string of the molecule is C#CCC(NC(=O)NCCc1ccncc1)C(=O)O. The van der Waals surface area contributed by atoms with Gasteiger partial charge in [-0.1, -0.05) is 0 Å². The fourth-order valence-electron chi connectivity index (χ4n) is 1.40. The number of carboxylic acids is 1. The number of nitrogens with one attached hydrogen (secondary N) is 2. The summed E-state index contributed by atoms with van der Waals surface area (Å²) in [6.45, 7) is 0.401. The Balaban J connectivity index is 2.31. The van der Waals surface area contributed by atoms with Gasteiger partial charge in [0.2, 0.25) is 0 Å². The Bertz CT molecular complexity index is 468. The molecule has 0 aliphatic rings. The van der Waals surface area contributed by atoms with Crippen molar-refractivity contribution in [3.8, 4) is 12.3 Å². The summed E-state index contributed by atoms with van der Waals surface area (Å²) < 4.78 is 0. The third-order valence-electron chi connectivity index (χ3n) is 2.37. The van der Waals surface area contributed by atoms with Gasteiger partial charge in [0.1, 0.15) is 6.04 Å². The van der Waals surface area contributed by atoms with Crippen molar-refractivity contribution in [2.75, 3.05) is 6.54 Å². The summed E-state index contributed by atoms with van der Waals surface area (Å²) in [5.74, 6) is 1.06. The van der Waals surface area contributed by atoms with Gasteiger partial charge >= 0.3 is 12.0 Å². The van der Waals surface area contributed by atoms with Crippen LogP contribution >= 0.6 is 0 Å². The molecule has 1 aromatic rings. The van der Waals surface area contributed by atoms with Gasteiger partial charge in [0.25, 0.3) is 0 Å². The van der Waals surface area contributed by atoms with Crippen LogP contribution in [0.5, 0.6) is 0 Å². The summed E-state index contributed by atoms with van der Waals surface area (Å²) >= 11 is 0. The molecule has 6 nitrogen and oxygen atoms in total. The van der Waals surface area contributed by atoms with Crippen molar-refractivity contribution in [2.24, 2.45) is 0 Å². The second kappa shape index (κ2) is 7.71. The number of carbonyl (C=O) groups is 2. The van der Waals surface area contributed by atoms with Crippen LogP contribution in [0.4, 0.5) is 4.79 Å². The lowest BCUT2D eigenvalue weighted by molar-refractivity contribution is -0.139. The zero-order valence-corrected chi connectivity index (χ0v) is 10.3. The highest BCUT2D eigenvalue weighted by Crippen LogP contribution is 1.96. The minimum Gasteiger partial charge on any atom is -0.480 e. The number of amides is 2. The summed E-state index contributed by atoms with van der Waals surface area (Å²) in [4.78, 5) is 26.1. The predicted molar refractivity (Wildman–Crippen MR) is 69.3 cm³/mol. The molecule has 19 heavy (non-hydrogen) atoms.